The van der Waals surface area contributed by atoms with E-state index in [-0.39, 0.29) is 5.91 Å². The molecule has 0 aliphatic heterocycles. The molecule has 0 saturated heterocycles. The van der Waals surface area contributed by atoms with E-state index < -0.39 is 6.10 Å². The standard InChI is InChI=1S/C18H17NO3/c20-17(16-8-10-22-12-16)7-9-19-18(21)15-6-5-13-3-1-2-4-14(13)11-15/h1-6,8,10-12,17,20H,7,9H2,(H,19,21). The first-order valence-corrected chi connectivity index (χ1v) is 7.21. The van der Waals surface area contributed by atoms with Crippen LogP contribution in [-0.2, 0) is 0 Å². The fourth-order valence-corrected chi connectivity index (χ4v) is 2.39. The summed E-state index contributed by atoms with van der Waals surface area (Å²) < 4.78 is 4.93. The smallest absolute Gasteiger partial charge is 0.251 e. The predicted molar refractivity (Wildman–Crippen MR) is 84.6 cm³/mol. The van der Waals surface area contributed by atoms with Crippen molar-refractivity contribution in [3.05, 3.63) is 72.2 Å². The highest BCUT2D eigenvalue weighted by atomic mass is 16.3. The topological polar surface area (TPSA) is 62.5 Å². The molecule has 2 N–H and O–H groups in total. The third-order valence-electron chi connectivity index (χ3n) is 3.64. The molecule has 0 aliphatic rings. The minimum absolute atomic E-state index is 0.134. The number of aliphatic hydroxyl groups is 1. The zero-order chi connectivity index (χ0) is 15.4. The van der Waals surface area contributed by atoms with Gasteiger partial charge in [0, 0.05) is 17.7 Å². The maximum absolute atomic E-state index is 12.1. The molecule has 3 aromatic rings. The second-order valence-corrected chi connectivity index (χ2v) is 5.18. The summed E-state index contributed by atoms with van der Waals surface area (Å²) in [5.74, 6) is -0.134. The number of rotatable bonds is 5. The number of hydrogen-bond acceptors (Lipinski definition) is 3. The van der Waals surface area contributed by atoms with Gasteiger partial charge in [-0.2, -0.15) is 0 Å². The monoisotopic (exact) mass is 295 g/mol. The molecule has 0 bridgehead atoms. The fourth-order valence-electron chi connectivity index (χ4n) is 2.39. The summed E-state index contributed by atoms with van der Waals surface area (Å²) in [6, 6.07) is 15.2. The van der Waals surface area contributed by atoms with Gasteiger partial charge in [0.1, 0.15) is 0 Å². The number of benzene rings is 2. The van der Waals surface area contributed by atoms with Crippen LogP contribution in [0.5, 0.6) is 0 Å². The molecule has 0 saturated carbocycles. The van der Waals surface area contributed by atoms with E-state index >= 15 is 0 Å². The van der Waals surface area contributed by atoms with Gasteiger partial charge < -0.3 is 14.8 Å². The lowest BCUT2D eigenvalue weighted by molar-refractivity contribution is 0.0942. The molecule has 0 fully saturated rings. The number of aliphatic hydroxyl groups excluding tert-OH is 1. The fraction of sp³-hybridized carbons (Fsp3) is 0.167. The summed E-state index contributed by atoms with van der Waals surface area (Å²) in [6.07, 6.45) is 2.84. The van der Waals surface area contributed by atoms with Crippen LogP contribution in [0.25, 0.3) is 10.8 Å². The van der Waals surface area contributed by atoms with Crippen molar-refractivity contribution in [2.24, 2.45) is 0 Å². The zero-order valence-corrected chi connectivity index (χ0v) is 12.0. The first-order valence-electron chi connectivity index (χ1n) is 7.21. The van der Waals surface area contributed by atoms with Crippen molar-refractivity contribution in [2.45, 2.75) is 12.5 Å². The normalized spacial score (nSPS) is 12.2. The van der Waals surface area contributed by atoms with E-state index in [1.54, 1.807) is 6.07 Å². The summed E-state index contributed by atoms with van der Waals surface area (Å²) in [6.45, 7) is 0.401. The lowest BCUT2D eigenvalue weighted by Crippen LogP contribution is -2.25. The van der Waals surface area contributed by atoms with Crippen LogP contribution in [0.3, 0.4) is 0 Å². The average molecular weight is 295 g/mol. The number of amides is 1. The predicted octanol–water partition coefficient (Wildman–Crippen LogP) is 3.29. The van der Waals surface area contributed by atoms with Crippen LogP contribution in [0, 0.1) is 0 Å². The highest BCUT2D eigenvalue weighted by Crippen LogP contribution is 2.17. The minimum Gasteiger partial charge on any atom is -0.472 e. The van der Waals surface area contributed by atoms with Crippen molar-refractivity contribution in [1.82, 2.24) is 5.32 Å². The van der Waals surface area contributed by atoms with Gasteiger partial charge in [-0.15, -0.1) is 0 Å². The van der Waals surface area contributed by atoms with Crippen molar-refractivity contribution >= 4 is 16.7 Å². The van der Waals surface area contributed by atoms with Crippen LogP contribution < -0.4 is 5.32 Å². The Kier molecular flexibility index (Phi) is 4.21. The van der Waals surface area contributed by atoms with Gasteiger partial charge in [-0.1, -0.05) is 30.3 Å². The van der Waals surface area contributed by atoms with Gasteiger partial charge >= 0.3 is 0 Å². The highest BCUT2D eigenvalue weighted by molar-refractivity contribution is 5.98. The van der Waals surface area contributed by atoms with E-state index in [1.807, 2.05) is 42.5 Å². The number of furan rings is 1. The van der Waals surface area contributed by atoms with Crippen LogP contribution in [0.4, 0.5) is 0 Å². The molecular formula is C18H17NO3. The Hall–Kier alpha value is -2.59. The van der Waals surface area contributed by atoms with E-state index in [4.69, 9.17) is 4.42 Å². The van der Waals surface area contributed by atoms with Crippen LogP contribution in [-0.4, -0.2) is 17.6 Å². The number of carbonyl (C=O) groups excluding carboxylic acids is 1. The number of fused-ring (bicyclic) bond motifs is 1. The maximum atomic E-state index is 12.1. The van der Waals surface area contributed by atoms with E-state index in [9.17, 15) is 9.90 Å². The molecule has 4 heteroatoms. The lowest BCUT2D eigenvalue weighted by atomic mass is 10.1. The molecule has 0 radical (unpaired) electrons. The summed E-state index contributed by atoms with van der Waals surface area (Å²) >= 11 is 0. The molecular weight excluding hydrogens is 278 g/mol. The van der Waals surface area contributed by atoms with Crippen LogP contribution in [0.1, 0.15) is 28.4 Å². The largest absolute Gasteiger partial charge is 0.472 e. The first kappa shape index (κ1) is 14.4. The Bertz CT molecular complexity index is 765. The van der Waals surface area contributed by atoms with Crippen molar-refractivity contribution < 1.29 is 14.3 Å². The first-order chi connectivity index (χ1) is 10.7. The average Bonchev–Trinajstić information content (AvgIpc) is 3.08. The number of nitrogens with one attached hydrogen (secondary N) is 1. The molecule has 1 amide bonds. The molecule has 0 spiro atoms. The number of carbonyl (C=O) groups is 1. The van der Waals surface area contributed by atoms with E-state index in [0.717, 1.165) is 16.3 Å². The molecule has 3 rings (SSSR count). The number of hydrogen-bond donors (Lipinski definition) is 2. The SMILES string of the molecule is O=C(NCCC(O)c1ccoc1)c1ccc2ccccc2c1. The third-order valence-corrected chi connectivity index (χ3v) is 3.64. The Morgan fingerprint density at radius 3 is 2.73 bits per heavy atom. The maximum Gasteiger partial charge on any atom is 0.251 e. The molecule has 1 unspecified atom stereocenters. The summed E-state index contributed by atoms with van der Waals surface area (Å²) in [5.41, 5.74) is 1.34. The van der Waals surface area contributed by atoms with Crippen molar-refractivity contribution in [2.75, 3.05) is 6.54 Å². The molecule has 1 heterocycles. The van der Waals surface area contributed by atoms with E-state index in [1.165, 1.54) is 12.5 Å². The van der Waals surface area contributed by atoms with Gasteiger partial charge in [-0.3, -0.25) is 4.79 Å². The zero-order valence-electron chi connectivity index (χ0n) is 12.0. The Balaban J connectivity index is 1.59. The van der Waals surface area contributed by atoms with Crippen LogP contribution in [0.15, 0.2) is 65.5 Å². The van der Waals surface area contributed by atoms with Gasteiger partial charge in [0.05, 0.1) is 18.6 Å². The summed E-state index contributed by atoms with van der Waals surface area (Å²) in [7, 11) is 0. The Labute approximate surface area is 128 Å². The molecule has 1 aromatic heterocycles. The Morgan fingerprint density at radius 2 is 1.95 bits per heavy atom. The van der Waals surface area contributed by atoms with E-state index in [2.05, 4.69) is 5.32 Å². The quantitative estimate of drug-likeness (QED) is 0.759. The Morgan fingerprint density at radius 1 is 1.14 bits per heavy atom. The second kappa shape index (κ2) is 6.45. The van der Waals surface area contributed by atoms with Crippen LogP contribution in [0.2, 0.25) is 0 Å². The molecule has 0 aliphatic carbocycles. The van der Waals surface area contributed by atoms with Crippen LogP contribution >= 0.6 is 0 Å². The van der Waals surface area contributed by atoms with Gasteiger partial charge in [0.2, 0.25) is 0 Å². The van der Waals surface area contributed by atoms with Gasteiger partial charge in [-0.25, -0.2) is 0 Å². The summed E-state index contributed by atoms with van der Waals surface area (Å²) in [4.78, 5) is 12.1. The molecule has 4 nitrogen and oxygen atoms in total. The molecule has 112 valence electrons. The third kappa shape index (κ3) is 3.18. The van der Waals surface area contributed by atoms with Gasteiger partial charge in [-0.05, 0) is 35.4 Å². The minimum atomic E-state index is -0.629. The second-order valence-electron chi connectivity index (χ2n) is 5.18. The molecule has 22 heavy (non-hydrogen) atoms. The highest BCUT2D eigenvalue weighted by Gasteiger charge is 2.10. The van der Waals surface area contributed by atoms with E-state index in [0.29, 0.717) is 18.5 Å². The molecule has 2 aromatic carbocycles. The van der Waals surface area contributed by atoms with Crippen molar-refractivity contribution in [3.8, 4) is 0 Å². The summed E-state index contributed by atoms with van der Waals surface area (Å²) in [5, 5.41) is 14.9. The van der Waals surface area contributed by atoms with Crippen molar-refractivity contribution in [3.63, 3.8) is 0 Å². The lowest BCUT2D eigenvalue weighted by Gasteiger charge is -2.10. The van der Waals surface area contributed by atoms with Gasteiger partial charge in [0.15, 0.2) is 0 Å². The molecule has 1 atom stereocenters. The van der Waals surface area contributed by atoms with Crippen molar-refractivity contribution in [1.29, 1.82) is 0 Å². The van der Waals surface area contributed by atoms with Gasteiger partial charge in [0.25, 0.3) is 5.91 Å².